The minimum absolute atomic E-state index is 0.148. The van der Waals surface area contributed by atoms with Gasteiger partial charge in [0.25, 0.3) is 0 Å². The largest absolute Gasteiger partial charge is 0.378 e. The van der Waals surface area contributed by atoms with Crippen molar-refractivity contribution in [3.05, 3.63) is 12.2 Å². The fraction of sp³-hybridized carbons (Fsp3) is 0.600. The third-order valence-electron chi connectivity index (χ3n) is 1.65. The summed E-state index contributed by atoms with van der Waals surface area (Å²) in [5.74, 6) is 5.68. The van der Waals surface area contributed by atoms with E-state index in [1.165, 1.54) is 0 Å². The summed E-state index contributed by atoms with van der Waals surface area (Å²) in [6, 6.07) is 0. The molecule has 1 N–H and O–H groups in total. The van der Waals surface area contributed by atoms with Crippen molar-refractivity contribution in [1.82, 2.24) is 0 Å². The van der Waals surface area contributed by atoms with Crippen LogP contribution in [0, 0.1) is 17.8 Å². The topological polar surface area (TPSA) is 20.2 Å². The van der Waals surface area contributed by atoms with Gasteiger partial charge in [-0.15, -0.1) is 0 Å². The van der Waals surface area contributed by atoms with Gasteiger partial charge in [-0.3, -0.25) is 0 Å². The van der Waals surface area contributed by atoms with Gasteiger partial charge in [-0.05, 0) is 25.3 Å². The summed E-state index contributed by atoms with van der Waals surface area (Å²) < 4.78 is 0. The predicted octanol–water partition coefficient (Wildman–Crippen LogP) is 1.97. The molecule has 0 radical (unpaired) electrons. The van der Waals surface area contributed by atoms with Crippen molar-refractivity contribution < 1.29 is 5.11 Å². The molecule has 0 amide bonds. The minimum Gasteiger partial charge on any atom is -0.378 e. The monoisotopic (exact) mass is 152 g/mol. The fourth-order valence-electron chi connectivity index (χ4n) is 0.378. The van der Waals surface area contributed by atoms with Crippen LogP contribution in [0.4, 0.5) is 0 Å². The average Bonchev–Trinajstić information content (AvgIpc) is 1.84. The Hall–Kier alpha value is -0.740. The Kier molecular flexibility index (Phi) is 3.35. The lowest BCUT2D eigenvalue weighted by atomic mass is 9.93. The zero-order valence-corrected chi connectivity index (χ0v) is 7.73. The maximum atomic E-state index is 9.63. The molecule has 0 aliphatic rings. The van der Waals surface area contributed by atoms with E-state index in [4.69, 9.17) is 0 Å². The van der Waals surface area contributed by atoms with Crippen molar-refractivity contribution in [1.29, 1.82) is 0 Å². The summed E-state index contributed by atoms with van der Waals surface area (Å²) in [6.07, 6.45) is 0. The van der Waals surface area contributed by atoms with Gasteiger partial charge in [0.2, 0.25) is 0 Å². The first-order valence-corrected chi connectivity index (χ1v) is 3.77. The predicted molar refractivity (Wildman–Crippen MR) is 48.1 cm³/mol. The van der Waals surface area contributed by atoms with Gasteiger partial charge in [-0.2, -0.15) is 0 Å². The van der Waals surface area contributed by atoms with E-state index in [0.29, 0.717) is 0 Å². The molecule has 0 aliphatic carbocycles. The first kappa shape index (κ1) is 10.3. The van der Waals surface area contributed by atoms with Crippen molar-refractivity contribution in [2.24, 2.45) is 5.92 Å². The highest BCUT2D eigenvalue weighted by Gasteiger charge is 2.21. The Labute approximate surface area is 69.1 Å². The summed E-state index contributed by atoms with van der Waals surface area (Å²) in [6.45, 7) is 11.0. The van der Waals surface area contributed by atoms with Crippen LogP contribution in [0.25, 0.3) is 0 Å². The molecule has 1 atom stereocenters. The molecule has 0 bridgehead atoms. The normalized spacial score (nSPS) is 15.1. The molecule has 0 aromatic rings. The van der Waals surface area contributed by atoms with Crippen molar-refractivity contribution in [3.8, 4) is 11.8 Å². The van der Waals surface area contributed by atoms with Gasteiger partial charge >= 0.3 is 0 Å². The number of hydrogen-bond acceptors (Lipinski definition) is 1. The highest BCUT2D eigenvalue weighted by Crippen LogP contribution is 2.14. The molecule has 1 unspecified atom stereocenters. The third-order valence-corrected chi connectivity index (χ3v) is 1.65. The van der Waals surface area contributed by atoms with E-state index in [-0.39, 0.29) is 5.92 Å². The van der Waals surface area contributed by atoms with E-state index < -0.39 is 5.60 Å². The molecule has 0 aliphatic heterocycles. The fourth-order valence-corrected chi connectivity index (χ4v) is 0.378. The molecule has 0 heterocycles. The maximum absolute atomic E-state index is 9.63. The Morgan fingerprint density at radius 1 is 1.55 bits per heavy atom. The van der Waals surface area contributed by atoms with Crippen LogP contribution in [0.2, 0.25) is 0 Å². The van der Waals surface area contributed by atoms with Crippen molar-refractivity contribution in [2.75, 3.05) is 0 Å². The first-order chi connectivity index (χ1) is 4.86. The van der Waals surface area contributed by atoms with E-state index in [1.807, 2.05) is 20.8 Å². The molecular weight excluding hydrogens is 136 g/mol. The van der Waals surface area contributed by atoms with E-state index in [1.54, 1.807) is 6.92 Å². The average molecular weight is 152 g/mol. The lowest BCUT2D eigenvalue weighted by Gasteiger charge is -2.20. The number of aliphatic hydroxyl groups is 1. The zero-order valence-electron chi connectivity index (χ0n) is 7.73. The molecule has 62 valence electrons. The van der Waals surface area contributed by atoms with E-state index >= 15 is 0 Å². The second-order valence-corrected chi connectivity index (χ2v) is 3.33. The SMILES string of the molecule is C=C(C)C#CC(C)(O)C(C)C. The molecule has 0 aromatic carbocycles. The molecule has 1 heteroatoms. The minimum atomic E-state index is -0.890. The van der Waals surface area contributed by atoms with Gasteiger partial charge in [0.1, 0.15) is 5.60 Å². The Morgan fingerprint density at radius 3 is 2.27 bits per heavy atom. The summed E-state index contributed by atoms with van der Waals surface area (Å²) in [7, 11) is 0. The quantitative estimate of drug-likeness (QED) is 0.569. The second kappa shape index (κ2) is 3.59. The van der Waals surface area contributed by atoms with Crippen LogP contribution < -0.4 is 0 Å². The van der Waals surface area contributed by atoms with Crippen molar-refractivity contribution in [3.63, 3.8) is 0 Å². The molecule has 0 aromatic heterocycles. The van der Waals surface area contributed by atoms with Crippen LogP contribution in [0.5, 0.6) is 0 Å². The summed E-state index contributed by atoms with van der Waals surface area (Å²) in [5, 5.41) is 9.63. The van der Waals surface area contributed by atoms with Crippen LogP contribution in [0.3, 0.4) is 0 Å². The molecule has 0 spiro atoms. The molecule has 11 heavy (non-hydrogen) atoms. The van der Waals surface area contributed by atoms with E-state index in [9.17, 15) is 5.11 Å². The van der Waals surface area contributed by atoms with Crippen molar-refractivity contribution in [2.45, 2.75) is 33.3 Å². The Morgan fingerprint density at radius 2 is 2.00 bits per heavy atom. The molecule has 0 rings (SSSR count). The molecular formula is C10H16O. The lowest BCUT2D eigenvalue weighted by molar-refractivity contribution is 0.0726. The zero-order chi connectivity index (χ0) is 9.07. The second-order valence-electron chi connectivity index (χ2n) is 3.33. The highest BCUT2D eigenvalue weighted by molar-refractivity contribution is 5.27. The van der Waals surface area contributed by atoms with Gasteiger partial charge in [-0.25, -0.2) is 0 Å². The summed E-state index contributed by atoms with van der Waals surface area (Å²) >= 11 is 0. The molecule has 0 fully saturated rings. The molecule has 1 nitrogen and oxygen atoms in total. The number of hydrogen-bond donors (Lipinski definition) is 1. The molecule has 0 saturated carbocycles. The van der Waals surface area contributed by atoms with Crippen LogP contribution in [0.15, 0.2) is 12.2 Å². The van der Waals surface area contributed by atoms with Gasteiger partial charge in [0, 0.05) is 0 Å². The smallest absolute Gasteiger partial charge is 0.125 e. The van der Waals surface area contributed by atoms with Gasteiger partial charge in [0.15, 0.2) is 0 Å². The van der Waals surface area contributed by atoms with Crippen molar-refractivity contribution >= 4 is 0 Å². The Bertz CT molecular complexity index is 201. The summed E-state index contributed by atoms with van der Waals surface area (Å²) in [5.41, 5.74) is -0.107. The van der Waals surface area contributed by atoms with Crippen LogP contribution in [-0.4, -0.2) is 10.7 Å². The molecule has 0 saturated heterocycles. The van der Waals surface area contributed by atoms with Crippen LogP contribution in [0.1, 0.15) is 27.7 Å². The maximum Gasteiger partial charge on any atom is 0.125 e. The number of allylic oxidation sites excluding steroid dienone is 1. The van der Waals surface area contributed by atoms with E-state index in [0.717, 1.165) is 5.57 Å². The van der Waals surface area contributed by atoms with Gasteiger partial charge < -0.3 is 5.11 Å². The first-order valence-electron chi connectivity index (χ1n) is 3.77. The Balaban J connectivity index is 4.38. The highest BCUT2D eigenvalue weighted by atomic mass is 16.3. The van der Waals surface area contributed by atoms with Crippen LogP contribution in [-0.2, 0) is 0 Å². The van der Waals surface area contributed by atoms with Gasteiger partial charge in [-0.1, -0.05) is 32.3 Å². The standard InChI is InChI=1S/C10H16O/c1-8(2)6-7-10(5,11)9(3)4/h9,11H,1H2,2-5H3. The number of rotatable bonds is 1. The lowest BCUT2D eigenvalue weighted by Crippen LogP contribution is -2.28. The van der Waals surface area contributed by atoms with E-state index in [2.05, 4.69) is 18.4 Å². The van der Waals surface area contributed by atoms with Gasteiger partial charge in [0.05, 0.1) is 0 Å². The van der Waals surface area contributed by atoms with Crippen LogP contribution >= 0.6 is 0 Å². The summed E-state index contributed by atoms with van der Waals surface area (Å²) in [4.78, 5) is 0. The third kappa shape index (κ3) is 3.85.